The van der Waals surface area contributed by atoms with Crippen LogP contribution < -0.4 is 5.32 Å². The molecule has 0 aliphatic rings. The van der Waals surface area contributed by atoms with Crippen LogP contribution in [-0.4, -0.2) is 31.6 Å². The molecule has 2 aromatic heterocycles. The fraction of sp³-hybridized carbons (Fsp3) is 0.176. The second kappa shape index (κ2) is 7.96. The first kappa shape index (κ1) is 17.9. The van der Waals surface area contributed by atoms with Gasteiger partial charge >= 0.3 is 0 Å². The quantitative estimate of drug-likeness (QED) is 0.505. The lowest BCUT2D eigenvalue weighted by atomic mass is 10.2. The van der Waals surface area contributed by atoms with Gasteiger partial charge in [0.2, 0.25) is 5.91 Å². The molecule has 0 unspecified atom stereocenters. The van der Waals surface area contributed by atoms with Gasteiger partial charge in [-0.25, -0.2) is 4.39 Å². The molecule has 0 aliphatic carbocycles. The van der Waals surface area contributed by atoms with Crippen LogP contribution in [0.4, 0.5) is 10.2 Å². The Morgan fingerprint density at radius 2 is 2.15 bits per heavy atom. The Balaban J connectivity index is 1.72. The van der Waals surface area contributed by atoms with Gasteiger partial charge in [0.05, 0.1) is 5.75 Å². The maximum absolute atomic E-state index is 13.1. The summed E-state index contributed by atoms with van der Waals surface area (Å²) < 4.78 is 19.8. The summed E-state index contributed by atoms with van der Waals surface area (Å²) in [5.41, 5.74) is 0.732. The standard InChI is InChI=1S/C17H16FN5O2S/c1-3-8-23-16(12-4-6-13(18)7-5-12)20-21-17(23)26-10-15(24)19-14-9-11(2)25-22-14/h3-7,9H,1,8,10H2,2H3,(H,19,22,24). The van der Waals surface area contributed by atoms with E-state index in [0.29, 0.717) is 29.1 Å². The van der Waals surface area contributed by atoms with Gasteiger partial charge in [-0.15, -0.1) is 16.8 Å². The number of anilines is 1. The summed E-state index contributed by atoms with van der Waals surface area (Å²) in [7, 11) is 0. The van der Waals surface area contributed by atoms with Gasteiger partial charge in [-0.3, -0.25) is 9.36 Å². The number of hydrogen-bond donors (Lipinski definition) is 1. The summed E-state index contributed by atoms with van der Waals surface area (Å²) in [6.45, 7) is 5.94. The second-order valence-corrected chi connectivity index (χ2v) is 6.31. The number of rotatable bonds is 7. The molecule has 0 saturated carbocycles. The van der Waals surface area contributed by atoms with Crippen LogP contribution in [-0.2, 0) is 11.3 Å². The van der Waals surface area contributed by atoms with Gasteiger partial charge in [0.15, 0.2) is 16.8 Å². The van der Waals surface area contributed by atoms with Crippen LogP contribution in [0.1, 0.15) is 5.76 Å². The van der Waals surface area contributed by atoms with Crippen molar-refractivity contribution in [3.05, 3.63) is 54.6 Å². The van der Waals surface area contributed by atoms with Crippen LogP contribution in [0.15, 0.2) is 52.7 Å². The number of thioether (sulfide) groups is 1. The molecule has 0 atom stereocenters. The number of carbonyl (C=O) groups is 1. The largest absolute Gasteiger partial charge is 0.360 e. The van der Waals surface area contributed by atoms with E-state index in [2.05, 4.69) is 27.2 Å². The Morgan fingerprint density at radius 1 is 1.38 bits per heavy atom. The van der Waals surface area contributed by atoms with Gasteiger partial charge in [0.25, 0.3) is 0 Å². The lowest BCUT2D eigenvalue weighted by Crippen LogP contribution is -2.14. The van der Waals surface area contributed by atoms with Crippen LogP contribution in [0.3, 0.4) is 0 Å². The zero-order valence-electron chi connectivity index (χ0n) is 14.0. The Morgan fingerprint density at radius 3 is 2.81 bits per heavy atom. The molecular formula is C17H16FN5O2S. The second-order valence-electron chi connectivity index (χ2n) is 5.37. The molecule has 3 aromatic rings. The third kappa shape index (κ3) is 4.17. The fourth-order valence-electron chi connectivity index (χ4n) is 2.24. The molecule has 1 aromatic carbocycles. The van der Waals surface area contributed by atoms with E-state index in [1.54, 1.807) is 31.2 Å². The Hall–Kier alpha value is -2.94. The average Bonchev–Trinajstić information content (AvgIpc) is 3.20. The van der Waals surface area contributed by atoms with Gasteiger partial charge in [-0.2, -0.15) is 0 Å². The molecule has 9 heteroatoms. The number of amides is 1. The number of aromatic nitrogens is 4. The highest BCUT2D eigenvalue weighted by atomic mass is 32.2. The Kier molecular flexibility index (Phi) is 5.47. The minimum Gasteiger partial charge on any atom is -0.360 e. The molecule has 0 bridgehead atoms. The Bertz CT molecular complexity index is 920. The van der Waals surface area contributed by atoms with Crippen molar-refractivity contribution in [2.45, 2.75) is 18.6 Å². The van der Waals surface area contributed by atoms with Gasteiger partial charge in [-0.1, -0.05) is 23.0 Å². The molecule has 0 saturated heterocycles. The predicted octanol–water partition coefficient (Wildman–Crippen LogP) is 3.30. The normalized spacial score (nSPS) is 10.7. The fourth-order valence-corrected chi connectivity index (χ4v) is 2.98. The summed E-state index contributed by atoms with van der Waals surface area (Å²) in [4.78, 5) is 12.0. The minimum absolute atomic E-state index is 0.130. The van der Waals surface area contributed by atoms with Crippen molar-refractivity contribution < 1.29 is 13.7 Å². The van der Waals surface area contributed by atoms with E-state index >= 15 is 0 Å². The third-order valence-corrected chi connectivity index (χ3v) is 4.33. The maximum Gasteiger partial charge on any atom is 0.236 e. The smallest absolute Gasteiger partial charge is 0.236 e. The van der Waals surface area contributed by atoms with E-state index in [1.165, 1.54) is 23.9 Å². The molecule has 26 heavy (non-hydrogen) atoms. The van der Waals surface area contributed by atoms with Crippen molar-refractivity contribution in [2.75, 3.05) is 11.1 Å². The molecule has 0 fully saturated rings. The van der Waals surface area contributed by atoms with Crippen molar-refractivity contribution in [3.63, 3.8) is 0 Å². The predicted molar refractivity (Wildman–Crippen MR) is 96.2 cm³/mol. The molecule has 3 rings (SSSR count). The molecule has 0 spiro atoms. The maximum atomic E-state index is 13.1. The topological polar surface area (TPSA) is 85.8 Å². The van der Waals surface area contributed by atoms with Crippen molar-refractivity contribution in [2.24, 2.45) is 0 Å². The molecule has 1 amide bonds. The van der Waals surface area contributed by atoms with E-state index in [0.717, 1.165) is 5.56 Å². The summed E-state index contributed by atoms with van der Waals surface area (Å²) in [5, 5.41) is 15.2. The van der Waals surface area contributed by atoms with E-state index in [9.17, 15) is 9.18 Å². The first-order valence-corrected chi connectivity index (χ1v) is 8.71. The number of nitrogens with zero attached hydrogens (tertiary/aromatic N) is 4. The van der Waals surface area contributed by atoms with Crippen molar-refractivity contribution in [3.8, 4) is 11.4 Å². The van der Waals surface area contributed by atoms with E-state index in [4.69, 9.17) is 4.52 Å². The van der Waals surface area contributed by atoms with Crippen molar-refractivity contribution in [1.29, 1.82) is 0 Å². The van der Waals surface area contributed by atoms with Gasteiger partial charge in [-0.05, 0) is 31.2 Å². The number of allylic oxidation sites excluding steroid dienone is 1. The minimum atomic E-state index is -0.321. The zero-order valence-corrected chi connectivity index (χ0v) is 14.8. The molecule has 0 radical (unpaired) electrons. The number of benzene rings is 1. The molecule has 7 nitrogen and oxygen atoms in total. The van der Waals surface area contributed by atoms with Crippen LogP contribution >= 0.6 is 11.8 Å². The molecule has 1 N–H and O–H groups in total. The molecule has 2 heterocycles. The Labute approximate surface area is 153 Å². The first-order chi connectivity index (χ1) is 12.6. The van der Waals surface area contributed by atoms with Crippen molar-refractivity contribution in [1.82, 2.24) is 19.9 Å². The lowest BCUT2D eigenvalue weighted by Gasteiger charge is -2.07. The van der Waals surface area contributed by atoms with Gasteiger partial charge in [0.1, 0.15) is 11.6 Å². The third-order valence-electron chi connectivity index (χ3n) is 3.36. The van der Waals surface area contributed by atoms with Crippen LogP contribution in [0, 0.1) is 12.7 Å². The summed E-state index contributed by atoms with van der Waals surface area (Å²) >= 11 is 1.24. The highest BCUT2D eigenvalue weighted by Gasteiger charge is 2.15. The highest BCUT2D eigenvalue weighted by molar-refractivity contribution is 7.99. The lowest BCUT2D eigenvalue weighted by molar-refractivity contribution is -0.113. The number of halogens is 1. The zero-order chi connectivity index (χ0) is 18.5. The van der Waals surface area contributed by atoms with E-state index in [1.807, 2.05) is 4.57 Å². The average molecular weight is 373 g/mol. The monoisotopic (exact) mass is 373 g/mol. The van der Waals surface area contributed by atoms with E-state index in [-0.39, 0.29) is 17.5 Å². The van der Waals surface area contributed by atoms with Crippen LogP contribution in [0.5, 0.6) is 0 Å². The van der Waals surface area contributed by atoms with Gasteiger partial charge < -0.3 is 9.84 Å². The molecule has 134 valence electrons. The van der Waals surface area contributed by atoms with Crippen LogP contribution in [0.25, 0.3) is 11.4 Å². The SMILES string of the molecule is C=CCn1c(SCC(=O)Nc2cc(C)on2)nnc1-c1ccc(F)cc1. The number of hydrogen-bond acceptors (Lipinski definition) is 6. The van der Waals surface area contributed by atoms with Gasteiger partial charge in [0, 0.05) is 18.2 Å². The highest BCUT2D eigenvalue weighted by Crippen LogP contribution is 2.24. The summed E-state index contributed by atoms with van der Waals surface area (Å²) in [5.74, 6) is 1.14. The van der Waals surface area contributed by atoms with Crippen molar-refractivity contribution >= 4 is 23.5 Å². The number of nitrogens with one attached hydrogen (secondary N) is 1. The number of aryl methyl sites for hydroxylation is 1. The molecule has 0 aliphatic heterocycles. The summed E-state index contributed by atoms with van der Waals surface area (Å²) in [6, 6.07) is 7.63. The molecular weight excluding hydrogens is 357 g/mol. The van der Waals surface area contributed by atoms with E-state index < -0.39 is 0 Å². The van der Waals surface area contributed by atoms with Crippen LogP contribution in [0.2, 0.25) is 0 Å². The number of carbonyl (C=O) groups excluding carboxylic acids is 1. The summed E-state index contributed by atoms with van der Waals surface area (Å²) in [6.07, 6.45) is 1.71. The first-order valence-electron chi connectivity index (χ1n) is 7.73.